The Morgan fingerprint density at radius 3 is 2.58 bits per heavy atom. The molecule has 0 amide bonds. The lowest BCUT2D eigenvalue weighted by Gasteiger charge is -2.21. The van der Waals surface area contributed by atoms with Gasteiger partial charge in [-0.15, -0.1) is 0 Å². The molecule has 1 aromatic carbocycles. The Kier molecular flexibility index (Phi) is 5.29. The number of aromatic amines is 1. The fourth-order valence-corrected chi connectivity index (χ4v) is 3.29. The minimum Gasteiger partial charge on any atom is -0.345 e. The first kappa shape index (κ1) is 20.3. The highest BCUT2D eigenvalue weighted by molar-refractivity contribution is 5.94. The number of nitrogens with zero attached hydrogens (tertiary/aromatic N) is 5. The summed E-state index contributed by atoms with van der Waals surface area (Å²) in [5, 5.41) is 9.78. The molecule has 0 atom stereocenters. The molecule has 1 N–H and O–H groups in total. The summed E-state index contributed by atoms with van der Waals surface area (Å²) in [6.07, 6.45) is -0.847. The molecule has 0 fully saturated rings. The Morgan fingerprint density at radius 1 is 1.13 bits per heavy atom. The molecule has 9 heteroatoms. The van der Waals surface area contributed by atoms with Gasteiger partial charge in [0.1, 0.15) is 11.7 Å². The number of pyridine rings is 1. The lowest BCUT2D eigenvalue weighted by molar-refractivity contribution is -0.137. The number of anilines is 1. The van der Waals surface area contributed by atoms with E-state index in [0.717, 1.165) is 17.8 Å². The van der Waals surface area contributed by atoms with Crippen LogP contribution in [0.1, 0.15) is 23.6 Å². The smallest absolute Gasteiger partial charge is 0.345 e. The topological polar surface area (TPSA) is 81.5 Å². The van der Waals surface area contributed by atoms with E-state index < -0.39 is 11.7 Å². The zero-order chi connectivity index (χ0) is 22.0. The minimum atomic E-state index is -4.53. The SMILES string of the molecule is CCN(Cc1ccccc1)c1ncc(C#N)c(-c2c[nH]c3ncc(C(F)(F)F)cc23)n1. The lowest BCUT2D eigenvalue weighted by atomic mass is 10.1. The second-order valence-corrected chi connectivity index (χ2v) is 6.86. The first-order chi connectivity index (χ1) is 14.9. The van der Waals surface area contributed by atoms with Gasteiger partial charge in [0, 0.05) is 36.4 Å². The molecule has 0 bridgehead atoms. The Labute approximate surface area is 176 Å². The number of alkyl halides is 3. The molecule has 4 aromatic rings. The second-order valence-electron chi connectivity index (χ2n) is 6.86. The molecular weight excluding hydrogens is 405 g/mol. The first-order valence-corrected chi connectivity index (χ1v) is 9.51. The summed E-state index contributed by atoms with van der Waals surface area (Å²) in [4.78, 5) is 17.5. The van der Waals surface area contributed by atoms with Crippen molar-refractivity contribution in [3.8, 4) is 17.3 Å². The molecule has 31 heavy (non-hydrogen) atoms. The van der Waals surface area contributed by atoms with Crippen LogP contribution in [-0.2, 0) is 12.7 Å². The molecule has 0 unspecified atom stereocenters. The Balaban J connectivity index is 1.81. The van der Waals surface area contributed by atoms with Crippen LogP contribution >= 0.6 is 0 Å². The maximum absolute atomic E-state index is 13.2. The molecule has 0 aliphatic heterocycles. The van der Waals surface area contributed by atoms with E-state index in [-0.39, 0.29) is 22.3 Å². The highest BCUT2D eigenvalue weighted by Gasteiger charge is 2.31. The maximum atomic E-state index is 13.2. The van der Waals surface area contributed by atoms with E-state index in [1.54, 1.807) is 0 Å². The van der Waals surface area contributed by atoms with Crippen molar-refractivity contribution in [2.24, 2.45) is 0 Å². The van der Waals surface area contributed by atoms with Crippen LogP contribution in [0.25, 0.3) is 22.3 Å². The highest BCUT2D eigenvalue weighted by Crippen LogP contribution is 2.35. The molecule has 0 aliphatic carbocycles. The molecule has 0 saturated heterocycles. The average Bonchev–Trinajstić information content (AvgIpc) is 3.20. The van der Waals surface area contributed by atoms with Gasteiger partial charge < -0.3 is 9.88 Å². The van der Waals surface area contributed by atoms with Gasteiger partial charge in [0.2, 0.25) is 5.95 Å². The summed E-state index contributed by atoms with van der Waals surface area (Å²) in [5.74, 6) is 0.384. The lowest BCUT2D eigenvalue weighted by Crippen LogP contribution is -2.24. The zero-order valence-corrected chi connectivity index (χ0v) is 16.5. The first-order valence-electron chi connectivity index (χ1n) is 9.51. The van der Waals surface area contributed by atoms with Crippen LogP contribution in [0.15, 0.2) is 55.0 Å². The van der Waals surface area contributed by atoms with E-state index in [0.29, 0.717) is 24.6 Å². The third kappa shape index (κ3) is 4.05. The zero-order valence-electron chi connectivity index (χ0n) is 16.5. The quantitative estimate of drug-likeness (QED) is 0.493. The monoisotopic (exact) mass is 422 g/mol. The highest BCUT2D eigenvalue weighted by atomic mass is 19.4. The van der Waals surface area contributed by atoms with Crippen LogP contribution < -0.4 is 4.90 Å². The van der Waals surface area contributed by atoms with Gasteiger partial charge in [-0.1, -0.05) is 30.3 Å². The number of H-pyrrole nitrogens is 1. The van der Waals surface area contributed by atoms with Crippen molar-refractivity contribution in [1.29, 1.82) is 5.26 Å². The fourth-order valence-electron chi connectivity index (χ4n) is 3.29. The normalized spacial score (nSPS) is 11.5. The summed E-state index contributed by atoms with van der Waals surface area (Å²) < 4.78 is 39.6. The standard InChI is InChI=1S/C22H17F3N6/c1-2-31(13-14-6-4-3-5-7-14)21-29-10-15(9-26)19(30-21)18-12-28-20-17(18)8-16(11-27-20)22(23,24)25/h3-8,10-12H,2,13H2,1H3,(H,27,28). The van der Waals surface area contributed by atoms with Crippen LogP contribution in [0.4, 0.5) is 19.1 Å². The molecule has 3 heterocycles. The third-order valence-corrected chi connectivity index (χ3v) is 4.89. The number of aromatic nitrogens is 4. The maximum Gasteiger partial charge on any atom is 0.417 e. The van der Waals surface area contributed by atoms with Crippen molar-refractivity contribution >= 4 is 17.0 Å². The van der Waals surface area contributed by atoms with Crippen LogP contribution in [0.5, 0.6) is 0 Å². The van der Waals surface area contributed by atoms with Crippen molar-refractivity contribution in [2.45, 2.75) is 19.6 Å². The molecule has 0 radical (unpaired) electrons. The molecule has 0 saturated carbocycles. The van der Waals surface area contributed by atoms with Crippen molar-refractivity contribution < 1.29 is 13.2 Å². The number of nitrogens with one attached hydrogen (secondary N) is 1. The van der Waals surface area contributed by atoms with Crippen molar-refractivity contribution in [3.05, 3.63) is 71.7 Å². The summed E-state index contributed by atoms with van der Waals surface area (Å²) in [5.41, 5.74) is 1.26. The van der Waals surface area contributed by atoms with Crippen molar-refractivity contribution in [2.75, 3.05) is 11.4 Å². The van der Waals surface area contributed by atoms with Gasteiger partial charge in [-0.25, -0.2) is 15.0 Å². The van der Waals surface area contributed by atoms with E-state index in [2.05, 4.69) is 19.9 Å². The van der Waals surface area contributed by atoms with E-state index in [4.69, 9.17) is 0 Å². The Hall–Kier alpha value is -3.93. The predicted octanol–water partition coefficient (Wildman–Crippen LogP) is 4.94. The van der Waals surface area contributed by atoms with Crippen LogP contribution in [-0.4, -0.2) is 26.5 Å². The molecule has 0 spiro atoms. The molecule has 156 valence electrons. The second kappa shape index (κ2) is 8.07. The molecule has 4 rings (SSSR count). The Bertz CT molecular complexity index is 1260. The van der Waals surface area contributed by atoms with Gasteiger partial charge in [-0.3, -0.25) is 0 Å². The fraction of sp³-hybridized carbons (Fsp3) is 0.182. The summed E-state index contributed by atoms with van der Waals surface area (Å²) >= 11 is 0. The van der Waals surface area contributed by atoms with Gasteiger partial charge in [-0.2, -0.15) is 18.4 Å². The summed E-state index contributed by atoms with van der Waals surface area (Å²) in [7, 11) is 0. The predicted molar refractivity (Wildman–Crippen MR) is 110 cm³/mol. The van der Waals surface area contributed by atoms with Gasteiger partial charge in [0.25, 0.3) is 0 Å². The average molecular weight is 422 g/mol. The number of rotatable bonds is 5. The van der Waals surface area contributed by atoms with Crippen LogP contribution in [0, 0.1) is 11.3 Å². The number of hydrogen-bond acceptors (Lipinski definition) is 5. The molecule has 6 nitrogen and oxygen atoms in total. The molecule has 0 aliphatic rings. The van der Waals surface area contributed by atoms with Gasteiger partial charge in [0.15, 0.2) is 0 Å². The van der Waals surface area contributed by atoms with Crippen LogP contribution in [0.3, 0.4) is 0 Å². The summed E-state index contributed by atoms with van der Waals surface area (Å²) in [6.45, 7) is 3.11. The number of benzene rings is 1. The Morgan fingerprint density at radius 2 is 1.90 bits per heavy atom. The number of hydrogen-bond donors (Lipinski definition) is 1. The van der Waals surface area contributed by atoms with Gasteiger partial charge in [-0.05, 0) is 18.6 Å². The number of fused-ring (bicyclic) bond motifs is 1. The van der Waals surface area contributed by atoms with Gasteiger partial charge >= 0.3 is 6.18 Å². The van der Waals surface area contributed by atoms with Crippen molar-refractivity contribution in [3.63, 3.8) is 0 Å². The summed E-state index contributed by atoms with van der Waals surface area (Å²) in [6, 6.07) is 12.8. The van der Waals surface area contributed by atoms with E-state index in [1.165, 1.54) is 12.4 Å². The number of nitriles is 1. The van der Waals surface area contributed by atoms with Crippen LogP contribution in [0.2, 0.25) is 0 Å². The van der Waals surface area contributed by atoms with E-state index >= 15 is 0 Å². The molecular formula is C22H17F3N6. The third-order valence-electron chi connectivity index (χ3n) is 4.89. The minimum absolute atomic E-state index is 0.165. The van der Waals surface area contributed by atoms with Crippen molar-refractivity contribution in [1.82, 2.24) is 19.9 Å². The largest absolute Gasteiger partial charge is 0.417 e. The molecule has 3 aromatic heterocycles. The number of halogens is 3. The van der Waals surface area contributed by atoms with E-state index in [9.17, 15) is 18.4 Å². The van der Waals surface area contributed by atoms with Gasteiger partial charge in [0.05, 0.1) is 23.0 Å². The van der Waals surface area contributed by atoms with E-state index in [1.807, 2.05) is 48.2 Å².